The van der Waals surface area contributed by atoms with Crippen LogP contribution in [0.2, 0.25) is 0 Å². The molecule has 3 aliphatic rings. The molecule has 1 saturated heterocycles. The van der Waals surface area contributed by atoms with Gasteiger partial charge in [0.25, 0.3) is 0 Å². The van der Waals surface area contributed by atoms with Gasteiger partial charge in [0.1, 0.15) is 0 Å². The second-order valence-electron chi connectivity index (χ2n) is 7.72. The number of carbonyl (C=O) groups excluding carboxylic acids is 1. The van der Waals surface area contributed by atoms with E-state index >= 15 is 0 Å². The first-order valence-electron chi connectivity index (χ1n) is 9.21. The second-order valence-corrected chi connectivity index (χ2v) is 7.72. The van der Waals surface area contributed by atoms with Crippen molar-refractivity contribution in [3.63, 3.8) is 0 Å². The van der Waals surface area contributed by atoms with Crippen molar-refractivity contribution in [3.05, 3.63) is 0 Å². The molecule has 2 aliphatic carbocycles. The molecule has 2 saturated carbocycles. The normalized spacial score (nSPS) is 41.4. The molecule has 0 aromatic heterocycles. The van der Waals surface area contributed by atoms with Crippen molar-refractivity contribution in [2.24, 2.45) is 17.8 Å². The van der Waals surface area contributed by atoms with Crippen molar-refractivity contribution in [1.82, 2.24) is 10.2 Å². The van der Waals surface area contributed by atoms with Crippen LogP contribution in [0.25, 0.3) is 0 Å². The first-order chi connectivity index (χ1) is 10.1. The van der Waals surface area contributed by atoms with Crippen molar-refractivity contribution < 1.29 is 4.79 Å². The largest absolute Gasteiger partial charge is 0.322 e. The van der Waals surface area contributed by atoms with E-state index < -0.39 is 0 Å². The van der Waals surface area contributed by atoms with E-state index in [0.29, 0.717) is 30.0 Å². The molecule has 0 radical (unpaired) electrons. The summed E-state index contributed by atoms with van der Waals surface area (Å²) < 4.78 is 0. The van der Waals surface area contributed by atoms with Crippen LogP contribution in [0.3, 0.4) is 0 Å². The molecule has 1 aliphatic heterocycles. The average molecular weight is 292 g/mol. The third kappa shape index (κ3) is 2.74. The van der Waals surface area contributed by atoms with E-state index in [4.69, 9.17) is 0 Å². The SMILES string of the molecule is CCCC1NC(C2CCCC2)N(C2CCC(C)C2C)C1=O. The molecule has 3 fully saturated rings. The summed E-state index contributed by atoms with van der Waals surface area (Å²) >= 11 is 0. The monoisotopic (exact) mass is 292 g/mol. The molecule has 0 aromatic carbocycles. The van der Waals surface area contributed by atoms with E-state index in [0.717, 1.165) is 18.8 Å². The standard InChI is InChI=1S/C18H32N2O/c1-4-7-15-18(21)20(16-11-10-12(2)13(16)3)17(19-15)14-8-5-6-9-14/h12-17,19H,4-11H2,1-3H3. The predicted octanol–water partition coefficient (Wildman–Crippen LogP) is 3.54. The summed E-state index contributed by atoms with van der Waals surface area (Å²) in [5, 5.41) is 3.72. The summed E-state index contributed by atoms with van der Waals surface area (Å²) in [6.45, 7) is 6.89. The number of amides is 1. The Morgan fingerprint density at radius 3 is 2.43 bits per heavy atom. The van der Waals surface area contributed by atoms with Crippen LogP contribution in [0.5, 0.6) is 0 Å². The molecule has 0 aromatic rings. The maximum atomic E-state index is 13.0. The highest BCUT2D eigenvalue weighted by Crippen LogP contribution is 2.40. The maximum Gasteiger partial charge on any atom is 0.241 e. The Kier molecular flexibility index (Phi) is 4.58. The third-order valence-corrected chi connectivity index (χ3v) is 6.43. The lowest BCUT2D eigenvalue weighted by Gasteiger charge is -2.36. The molecule has 120 valence electrons. The Bertz CT molecular complexity index is 377. The molecule has 3 nitrogen and oxygen atoms in total. The van der Waals surface area contributed by atoms with Gasteiger partial charge in [-0.05, 0) is 49.9 Å². The Hall–Kier alpha value is -0.570. The van der Waals surface area contributed by atoms with Gasteiger partial charge in [0.05, 0.1) is 12.2 Å². The Labute approximate surface area is 129 Å². The summed E-state index contributed by atoms with van der Waals surface area (Å²) in [6.07, 6.45) is 10.2. The van der Waals surface area contributed by atoms with Crippen LogP contribution in [0.4, 0.5) is 0 Å². The van der Waals surface area contributed by atoms with Gasteiger partial charge in [-0.15, -0.1) is 0 Å². The molecule has 3 heteroatoms. The van der Waals surface area contributed by atoms with Gasteiger partial charge in [-0.2, -0.15) is 0 Å². The van der Waals surface area contributed by atoms with Crippen LogP contribution in [0.15, 0.2) is 0 Å². The minimum Gasteiger partial charge on any atom is -0.322 e. The molecule has 0 spiro atoms. The summed E-state index contributed by atoms with van der Waals surface area (Å²) in [7, 11) is 0. The molecule has 1 heterocycles. The number of nitrogens with one attached hydrogen (secondary N) is 1. The highest BCUT2D eigenvalue weighted by atomic mass is 16.2. The summed E-state index contributed by atoms with van der Waals surface area (Å²) in [5.74, 6) is 2.51. The van der Waals surface area contributed by atoms with Crippen LogP contribution in [0.1, 0.15) is 72.1 Å². The quantitative estimate of drug-likeness (QED) is 0.859. The summed E-state index contributed by atoms with van der Waals surface area (Å²) in [4.78, 5) is 15.3. The average Bonchev–Trinajstić information content (AvgIpc) is 3.16. The highest BCUT2D eigenvalue weighted by Gasteiger charge is 2.48. The fraction of sp³-hybridized carbons (Fsp3) is 0.944. The maximum absolute atomic E-state index is 13.0. The first kappa shape index (κ1) is 15.3. The minimum absolute atomic E-state index is 0.0868. The van der Waals surface area contributed by atoms with Crippen molar-refractivity contribution in [2.75, 3.05) is 0 Å². The topological polar surface area (TPSA) is 32.3 Å². The Morgan fingerprint density at radius 2 is 1.86 bits per heavy atom. The van der Waals surface area contributed by atoms with Crippen molar-refractivity contribution in [3.8, 4) is 0 Å². The van der Waals surface area contributed by atoms with Gasteiger partial charge in [-0.3, -0.25) is 10.1 Å². The number of hydrogen-bond donors (Lipinski definition) is 1. The Morgan fingerprint density at radius 1 is 1.14 bits per heavy atom. The van der Waals surface area contributed by atoms with E-state index in [1.54, 1.807) is 0 Å². The lowest BCUT2D eigenvalue weighted by molar-refractivity contribution is -0.134. The van der Waals surface area contributed by atoms with Gasteiger partial charge in [0, 0.05) is 6.04 Å². The third-order valence-electron chi connectivity index (χ3n) is 6.43. The van der Waals surface area contributed by atoms with Crippen LogP contribution in [-0.4, -0.2) is 29.1 Å². The van der Waals surface area contributed by atoms with Gasteiger partial charge in [0.2, 0.25) is 5.91 Å². The molecule has 5 atom stereocenters. The molecular weight excluding hydrogens is 260 g/mol. The van der Waals surface area contributed by atoms with Gasteiger partial charge in [-0.25, -0.2) is 0 Å². The Balaban J connectivity index is 1.80. The lowest BCUT2D eigenvalue weighted by Crippen LogP contribution is -2.49. The van der Waals surface area contributed by atoms with E-state index in [2.05, 4.69) is 31.0 Å². The molecule has 5 unspecified atom stereocenters. The van der Waals surface area contributed by atoms with Crippen LogP contribution in [-0.2, 0) is 4.79 Å². The second kappa shape index (κ2) is 6.28. The number of carbonyl (C=O) groups is 1. The van der Waals surface area contributed by atoms with Crippen molar-refractivity contribution in [1.29, 1.82) is 0 Å². The zero-order chi connectivity index (χ0) is 15.0. The van der Waals surface area contributed by atoms with Crippen molar-refractivity contribution in [2.45, 2.75) is 90.4 Å². The fourth-order valence-electron chi connectivity index (χ4n) is 4.91. The molecule has 21 heavy (non-hydrogen) atoms. The number of hydrogen-bond acceptors (Lipinski definition) is 2. The van der Waals surface area contributed by atoms with Gasteiger partial charge in [0.15, 0.2) is 0 Å². The minimum atomic E-state index is 0.0868. The summed E-state index contributed by atoms with van der Waals surface area (Å²) in [5.41, 5.74) is 0. The van der Waals surface area contributed by atoms with Crippen LogP contribution >= 0.6 is 0 Å². The smallest absolute Gasteiger partial charge is 0.241 e. The fourth-order valence-corrected chi connectivity index (χ4v) is 4.91. The number of rotatable bonds is 4. The van der Waals surface area contributed by atoms with Gasteiger partial charge < -0.3 is 4.90 Å². The van der Waals surface area contributed by atoms with E-state index in [-0.39, 0.29) is 6.04 Å². The lowest BCUT2D eigenvalue weighted by atomic mass is 9.95. The highest BCUT2D eigenvalue weighted by molar-refractivity contribution is 5.84. The first-order valence-corrected chi connectivity index (χ1v) is 9.21. The molecule has 1 amide bonds. The van der Waals surface area contributed by atoms with Crippen LogP contribution in [0, 0.1) is 17.8 Å². The zero-order valence-corrected chi connectivity index (χ0v) is 14.0. The van der Waals surface area contributed by atoms with Gasteiger partial charge in [-0.1, -0.05) is 40.0 Å². The molecule has 0 bridgehead atoms. The zero-order valence-electron chi connectivity index (χ0n) is 14.0. The van der Waals surface area contributed by atoms with Crippen molar-refractivity contribution >= 4 is 5.91 Å². The molecule has 1 N–H and O–H groups in total. The van der Waals surface area contributed by atoms with Crippen LogP contribution < -0.4 is 5.32 Å². The number of nitrogens with zero attached hydrogens (tertiary/aromatic N) is 1. The summed E-state index contributed by atoms with van der Waals surface area (Å²) in [6, 6.07) is 0.566. The molecular formula is C18H32N2O. The molecule has 3 rings (SSSR count). The van der Waals surface area contributed by atoms with E-state index in [1.807, 2.05) is 0 Å². The predicted molar refractivity (Wildman–Crippen MR) is 85.8 cm³/mol. The van der Waals surface area contributed by atoms with Gasteiger partial charge >= 0.3 is 0 Å². The van der Waals surface area contributed by atoms with E-state index in [1.165, 1.54) is 38.5 Å². The van der Waals surface area contributed by atoms with E-state index in [9.17, 15) is 4.79 Å².